The maximum absolute atomic E-state index is 12.0. The molecule has 0 saturated heterocycles. The number of benzene rings is 1. The van der Waals surface area contributed by atoms with Gasteiger partial charge in [0.2, 0.25) is 5.91 Å². The number of nitro benzene ring substituents is 1. The molecule has 2 rings (SSSR count). The zero-order valence-corrected chi connectivity index (χ0v) is 13.8. The van der Waals surface area contributed by atoms with Crippen molar-refractivity contribution in [2.45, 2.75) is 19.4 Å². The monoisotopic (exact) mass is 334 g/mol. The molecule has 1 atom stereocenters. The smallest absolute Gasteiger partial charge is 0.269 e. The summed E-state index contributed by atoms with van der Waals surface area (Å²) in [5, 5.41) is 13.4. The third kappa shape index (κ3) is 4.87. The fourth-order valence-electron chi connectivity index (χ4n) is 2.12. The summed E-state index contributed by atoms with van der Waals surface area (Å²) in [6.07, 6.45) is 0.00672. The van der Waals surface area contributed by atoms with Gasteiger partial charge in [0.25, 0.3) is 5.69 Å². The minimum Gasteiger partial charge on any atom is -0.374 e. The molecule has 0 aliphatic heterocycles. The van der Waals surface area contributed by atoms with Crippen LogP contribution in [0.25, 0.3) is 0 Å². The molecule has 6 nitrogen and oxygen atoms in total. The second kappa shape index (κ2) is 7.85. The van der Waals surface area contributed by atoms with Crippen molar-refractivity contribution in [2.75, 3.05) is 13.7 Å². The highest BCUT2D eigenvalue weighted by molar-refractivity contribution is 7.12. The Morgan fingerprint density at radius 1 is 1.30 bits per heavy atom. The van der Waals surface area contributed by atoms with Crippen LogP contribution in [0.5, 0.6) is 0 Å². The minimum absolute atomic E-state index is 0.0154. The lowest BCUT2D eigenvalue weighted by Gasteiger charge is -2.14. The number of carbonyl (C=O) groups is 1. The molecule has 122 valence electrons. The summed E-state index contributed by atoms with van der Waals surface area (Å²) in [5.41, 5.74) is 0.746. The van der Waals surface area contributed by atoms with E-state index in [9.17, 15) is 14.9 Å². The number of ether oxygens (including phenoxy) is 1. The lowest BCUT2D eigenvalue weighted by Crippen LogP contribution is -2.30. The molecule has 23 heavy (non-hydrogen) atoms. The van der Waals surface area contributed by atoms with E-state index in [0.717, 1.165) is 10.4 Å². The van der Waals surface area contributed by atoms with Crippen molar-refractivity contribution in [1.29, 1.82) is 0 Å². The topological polar surface area (TPSA) is 81.5 Å². The second-order valence-electron chi connectivity index (χ2n) is 5.08. The highest BCUT2D eigenvalue weighted by Gasteiger charge is 2.14. The van der Waals surface area contributed by atoms with Gasteiger partial charge in [0.05, 0.1) is 11.3 Å². The van der Waals surface area contributed by atoms with Crippen LogP contribution in [-0.2, 0) is 16.0 Å². The third-order valence-corrected chi connectivity index (χ3v) is 4.45. The number of nitrogens with one attached hydrogen (secondary N) is 1. The number of nitro groups is 1. The first kappa shape index (κ1) is 17.1. The van der Waals surface area contributed by atoms with Crippen LogP contribution in [-0.4, -0.2) is 24.5 Å². The average molecular weight is 334 g/mol. The number of aryl methyl sites for hydroxylation is 1. The van der Waals surface area contributed by atoms with Crippen LogP contribution < -0.4 is 5.32 Å². The predicted octanol–water partition coefficient (Wildman–Crippen LogP) is 3.01. The van der Waals surface area contributed by atoms with E-state index in [1.165, 1.54) is 17.0 Å². The zero-order chi connectivity index (χ0) is 16.8. The Kier molecular flexibility index (Phi) is 5.84. The van der Waals surface area contributed by atoms with Crippen molar-refractivity contribution >= 4 is 22.9 Å². The summed E-state index contributed by atoms with van der Waals surface area (Å²) in [6, 6.07) is 9.99. The number of non-ortho nitro benzene ring substituents is 1. The summed E-state index contributed by atoms with van der Waals surface area (Å²) >= 11 is 1.64. The Balaban J connectivity index is 1.87. The van der Waals surface area contributed by atoms with Gasteiger partial charge in [0, 0.05) is 35.5 Å². The second-order valence-corrected chi connectivity index (χ2v) is 6.40. The number of carbonyl (C=O) groups excluding carboxylic acids is 1. The lowest BCUT2D eigenvalue weighted by atomic mass is 10.1. The molecule has 1 unspecified atom stereocenters. The first-order valence-corrected chi connectivity index (χ1v) is 7.90. The molecular formula is C16H18N2O4S. The van der Waals surface area contributed by atoms with E-state index in [1.807, 2.05) is 19.1 Å². The number of nitrogens with zero attached hydrogens (tertiary/aromatic N) is 1. The summed E-state index contributed by atoms with van der Waals surface area (Å²) in [4.78, 5) is 24.4. The van der Waals surface area contributed by atoms with Crippen LogP contribution in [0.2, 0.25) is 0 Å². The Morgan fingerprint density at radius 3 is 2.52 bits per heavy atom. The van der Waals surface area contributed by atoms with Crippen LogP contribution in [0.15, 0.2) is 36.4 Å². The quantitative estimate of drug-likeness (QED) is 0.623. The average Bonchev–Trinajstić information content (AvgIpc) is 2.95. The Bertz CT molecular complexity index is 682. The summed E-state index contributed by atoms with van der Waals surface area (Å²) in [6.45, 7) is 2.41. The van der Waals surface area contributed by atoms with E-state index >= 15 is 0 Å². The van der Waals surface area contributed by atoms with E-state index < -0.39 is 4.92 Å². The fourth-order valence-corrected chi connectivity index (χ4v) is 3.07. The molecule has 0 saturated carbocycles. The Labute approximate surface area is 138 Å². The molecule has 1 aromatic carbocycles. The number of methoxy groups -OCH3 is 1. The standard InChI is InChI=1S/C16H18N2O4S/c1-11-3-8-15(23-11)14(22-2)10-17-16(19)9-12-4-6-13(7-5-12)18(20)21/h3-8,14H,9-10H2,1-2H3,(H,17,19). The van der Waals surface area contributed by atoms with Gasteiger partial charge < -0.3 is 10.1 Å². The maximum atomic E-state index is 12.0. The van der Waals surface area contributed by atoms with Crippen molar-refractivity contribution in [1.82, 2.24) is 5.32 Å². The summed E-state index contributed by atoms with van der Waals surface area (Å²) in [7, 11) is 1.61. The van der Waals surface area contributed by atoms with E-state index in [-0.39, 0.29) is 24.1 Å². The maximum Gasteiger partial charge on any atom is 0.269 e. The van der Waals surface area contributed by atoms with Crippen molar-refractivity contribution in [3.63, 3.8) is 0 Å². The molecule has 0 aliphatic carbocycles. The molecule has 0 spiro atoms. The number of rotatable bonds is 7. The fraction of sp³-hybridized carbons (Fsp3) is 0.312. The number of amides is 1. The van der Waals surface area contributed by atoms with Gasteiger partial charge in [0.1, 0.15) is 6.10 Å². The summed E-state index contributed by atoms with van der Waals surface area (Å²) in [5.74, 6) is -0.144. The molecule has 2 aromatic rings. The third-order valence-electron chi connectivity index (χ3n) is 3.36. The minimum atomic E-state index is -0.462. The first-order chi connectivity index (χ1) is 11.0. The molecule has 7 heteroatoms. The van der Waals surface area contributed by atoms with Crippen LogP contribution in [0.4, 0.5) is 5.69 Å². The van der Waals surface area contributed by atoms with Gasteiger partial charge in [-0.05, 0) is 24.6 Å². The van der Waals surface area contributed by atoms with Crippen molar-refractivity contribution < 1.29 is 14.5 Å². The SMILES string of the molecule is COC(CNC(=O)Cc1ccc([N+](=O)[O-])cc1)c1ccc(C)s1. The van der Waals surface area contributed by atoms with Gasteiger partial charge in [0.15, 0.2) is 0 Å². The normalized spacial score (nSPS) is 11.9. The molecule has 0 bridgehead atoms. The molecular weight excluding hydrogens is 316 g/mol. The molecule has 0 fully saturated rings. The van der Waals surface area contributed by atoms with E-state index in [4.69, 9.17) is 4.74 Å². The molecule has 1 aromatic heterocycles. The van der Waals surface area contributed by atoms with E-state index in [0.29, 0.717) is 6.54 Å². The van der Waals surface area contributed by atoms with Crippen molar-refractivity contribution in [3.05, 3.63) is 61.8 Å². The zero-order valence-electron chi connectivity index (χ0n) is 12.9. The van der Waals surface area contributed by atoms with Gasteiger partial charge in [-0.25, -0.2) is 0 Å². The first-order valence-electron chi connectivity index (χ1n) is 7.08. The summed E-state index contributed by atoms with van der Waals surface area (Å²) < 4.78 is 5.41. The van der Waals surface area contributed by atoms with Gasteiger partial charge in [-0.15, -0.1) is 11.3 Å². The Morgan fingerprint density at radius 2 is 2.00 bits per heavy atom. The largest absolute Gasteiger partial charge is 0.374 e. The highest BCUT2D eigenvalue weighted by atomic mass is 32.1. The van der Waals surface area contributed by atoms with Gasteiger partial charge in [-0.2, -0.15) is 0 Å². The van der Waals surface area contributed by atoms with Crippen molar-refractivity contribution in [2.24, 2.45) is 0 Å². The van der Waals surface area contributed by atoms with Crippen molar-refractivity contribution in [3.8, 4) is 0 Å². The molecule has 0 aliphatic rings. The number of hydrogen-bond donors (Lipinski definition) is 1. The van der Waals surface area contributed by atoms with Gasteiger partial charge in [-0.3, -0.25) is 14.9 Å². The number of thiophene rings is 1. The van der Waals surface area contributed by atoms with Crippen LogP contribution in [0, 0.1) is 17.0 Å². The Hall–Kier alpha value is -2.25. The lowest BCUT2D eigenvalue weighted by molar-refractivity contribution is -0.384. The predicted molar refractivity (Wildman–Crippen MR) is 88.6 cm³/mol. The van der Waals surface area contributed by atoms with Gasteiger partial charge in [-0.1, -0.05) is 12.1 Å². The van der Waals surface area contributed by atoms with Crippen LogP contribution in [0.3, 0.4) is 0 Å². The van der Waals surface area contributed by atoms with Gasteiger partial charge >= 0.3 is 0 Å². The molecule has 1 N–H and O–H groups in total. The van der Waals surface area contributed by atoms with Crippen LogP contribution in [0.1, 0.15) is 21.4 Å². The number of hydrogen-bond acceptors (Lipinski definition) is 5. The van der Waals surface area contributed by atoms with E-state index in [2.05, 4.69) is 5.32 Å². The highest BCUT2D eigenvalue weighted by Crippen LogP contribution is 2.24. The molecule has 1 heterocycles. The molecule has 0 radical (unpaired) electrons. The molecule has 1 amide bonds. The van der Waals surface area contributed by atoms with Crippen LogP contribution >= 0.6 is 11.3 Å². The van der Waals surface area contributed by atoms with E-state index in [1.54, 1.807) is 30.6 Å².